The second-order valence-electron chi connectivity index (χ2n) is 3.43. The third-order valence-corrected chi connectivity index (χ3v) is 2.78. The Kier molecular flexibility index (Phi) is 3.81. The van der Waals surface area contributed by atoms with Crippen LogP contribution >= 0.6 is 11.8 Å². The molecule has 0 fully saturated rings. The van der Waals surface area contributed by atoms with Gasteiger partial charge in [-0.05, 0) is 48.2 Å². The average Bonchev–Trinajstić information content (AvgIpc) is 2.31. The van der Waals surface area contributed by atoms with Gasteiger partial charge in [0.25, 0.3) is 0 Å². The van der Waals surface area contributed by atoms with Crippen molar-refractivity contribution in [2.75, 3.05) is 0 Å². The summed E-state index contributed by atoms with van der Waals surface area (Å²) in [5.41, 5.74) is -4.26. The van der Waals surface area contributed by atoms with E-state index in [1.165, 1.54) is 24.3 Å². The van der Waals surface area contributed by atoms with Crippen molar-refractivity contribution in [2.24, 2.45) is 0 Å². The fourth-order valence-corrected chi connectivity index (χ4v) is 1.87. The monoisotopic (exact) mass is 270 g/mol. The molecule has 2 aromatic rings. The van der Waals surface area contributed by atoms with Gasteiger partial charge in [-0.3, -0.25) is 0 Å². The van der Waals surface area contributed by atoms with E-state index in [1.54, 1.807) is 12.1 Å². The highest BCUT2D eigenvalue weighted by Gasteiger charge is 2.28. The molecule has 0 saturated heterocycles. The van der Waals surface area contributed by atoms with E-state index in [0.717, 1.165) is 0 Å². The van der Waals surface area contributed by atoms with E-state index in [9.17, 15) is 13.2 Å². The number of ether oxygens (including phenoxy) is 1. The summed E-state index contributed by atoms with van der Waals surface area (Å²) < 4.78 is 41.8. The lowest BCUT2D eigenvalue weighted by atomic mass is 10.3. The summed E-state index contributed by atoms with van der Waals surface area (Å²) in [6.07, 6.45) is 0. The molecule has 0 N–H and O–H groups in total. The molecule has 0 heterocycles. The zero-order valence-electron chi connectivity index (χ0n) is 9.15. The number of para-hydroxylation sites is 1. The molecular weight excluding hydrogens is 261 g/mol. The molecule has 0 aliphatic carbocycles. The Morgan fingerprint density at radius 2 is 1.33 bits per heavy atom. The van der Waals surface area contributed by atoms with Crippen molar-refractivity contribution < 1.29 is 17.9 Å². The molecule has 0 aliphatic rings. The normalized spacial score (nSPS) is 11.3. The van der Waals surface area contributed by atoms with Gasteiger partial charge in [-0.1, -0.05) is 18.2 Å². The molecule has 94 valence electrons. The number of rotatable bonds is 3. The first-order chi connectivity index (χ1) is 8.53. The van der Waals surface area contributed by atoms with E-state index in [2.05, 4.69) is 0 Å². The molecule has 0 radical (unpaired) electrons. The molecule has 0 amide bonds. The van der Waals surface area contributed by atoms with E-state index in [4.69, 9.17) is 4.74 Å². The smallest absolute Gasteiger partial charge is 0.446 e. The zero-order chi connectivity index (χ0) is 13.0. The minimum absolute atomic E-state index is 0.140. The van der Waals surface area contributed by atoms with Gasteiger partial charge in [0.05, 0.1) is 0 Å². The summed E-state index contributed by atoms with van der Waals surface area (Å²) in [6, 6.07) is 14.9. The maximum atomic E-state index is 12.1. The highest BCUT2D eigenvalue weighted by atomic mass is 32.2. The molecule has 2 rings (SSSR count). The highest BCUT2D eigenvalue weighted by Crippen LogP contribution is 2.37. The summed E-state index contributed by atoms with van der Waals surface area (Å²) in [7, 11) is 0. The Balaban J connectivity index is 2.04. The summed E-state index contributed by atoms with van der Waals surface area (Å²) in [5, 5.41) is 0. The van der Waals surface area contributed by atoms with Gasteiger partial charge in [0.15, 0.2) is 0 Å². The molecule has 0 atom stereocenters. The maximum Gasteiger partial charge on any atom is 0.446 e. The predicted molar refractivity (Wildman–Crippen MR) is 64.9 cm³/mol. The quantitative estimate of drug-likeness (QED) is 0.718. The van der Waals surface area contributed by atoms with Crippen molar-refractivity contribution >= 4 is 11.8 Å². The number of hydrogen-bond donors (Lipinski definition) is 0. The standard InChI is InChI=1S/C13H9F3OS/c14-13(15,16)18-12-8-6-11(7-9-12)17-10-4-2-1-3-5-10/h1-9H. The van der Waals surface area contributed by atoms with Gasteiger partial charge in [-0.25, -0.2) is 0 Å². The Morgan fingerprint density at radius 1 is 0.778 bits per heavy atom. The topological polar surface area (TPSA) is 9.23 Å². The number of halogens is 3. The summed E-state index contributed by atoms with van der Waals surface area (Å²) >= 11 is -0.140. The molecule has 0 aromatic heterocycles. The second-order valence-corrected chi connectivity index (χ2v) is 4.57. The number of alkyl halides is 3. The first-order valence-corrected chi connectivity index (χ1v) is 5.93. The van der Waals surface area contributed by atoms with Crippen LogP contribution in [0.25, 0.3) is 0 Å². The van der Waals surface area contributed by atoms with Crippen molar-refractivity contribution in [3.63, 3.8) is 0 Å². The number of hydrogen-bond acceptors (Lipinski definition) is 2. The average molecular weight is 270 g/mol. The molecule has 0 spiro atoms. The van der Waals surface area contributed by atoms with Crippen LogP contribution in [-0.2, 0) is 0 Å². The third-order valence-electron chi connectivity index (χ3n) is 2.04. The Hall–Kier alpha value is -1.62. The molecule has 0 bridgehead atoms. The highest BCUT2D eigenvalue weighted by molar-refractivity contribution is 8.00. The first-order valence-electron chi connectivity index (χ1n) is 5.12. The van der Waals surface area contributed by atoms with Crippen LogP contribution in [0.3, 0.4) is 0 Å². The molecule has 5 heteroatoms. The zero-order valence-corrected chi connectivity index (χ0v) is 9.96. The lowest BCUT2D eigenvalue weighted by Crippen LogP contribution is -1.98. The van der Waals surface area contributed by atoms with Crippen molar-refractivity contribution in [2.45, 2.75) is 10.4 Å². The molecule has 1 nitrogen and oxygen atoms in total. The van der Waals surface area contributed by atoms with Gasteiger partial charge in [0.1, 0.15) is 11.5 Å². The van der Waals surface area contributed by atoms with E-state index in [1.807, 2.05) is 18.2 Å². The van der Waals surface area contributed by atoms with Crippen molar-refractivity contribution in [3.05, 3.63) is 54.6 Å². The number of benzene rings is 2. The summed E-state index contributed by atoms with van der Waals surface area (Å²) in [5.74, 6) is 1.15. The fraction of sp³-hybridized carbons (Fsp3) is 0.0769. The Morgan fingerprint density at radius 3 is 1.89 bits per heavy atom. The fourth-order valence-electron chi connectivity index (χ4n) is 1.33. The van der Waals surface area contributed by atoms with Crippen molar-refractivity contribution in [1.29, 1.82) is 0 Å². The summed E-state index contributed by atoms with van der Waals surface area (Å²) in [6.45, 7) is 0. The predicted octanol–water partition coefficient (Wildman–Crippen LogP) is 5.09. The molecule has 0 saturated carbocycles. The largest absolute Gasteiger partial charge is 0.457 e. The SMILES string of the molecule is FC(F)(F)Sc1ccc(Oc2ccccc2)cc1. The summed E-state index contributed by atoms with van der Waals surface area (Å²) in [4.78, 5) is 0.142. The van der Waals surface area contributed by atoms with Crippen LogP contribution in [0.2, 0.25) is 0 Å². The van der Waals surface area contributed by atoms with Crippen LogP contribution in [0.15, 0.2) is 59.5 Å². The van der Waals surface area contributed by atoms with Gasteiger partial charge < -0.3 is 4.74 Å². The van der Waals surface area contributed by atoms with Gasteiger partial charge in [-0.15, -0.1) is 0 Å². The maximum absolute atomic E-state index is 12.1. The Labute approximate surface area is 107 Å². The van der Waals surface area contributed by atoms with Crippen LogP contribution < -0.4 is 4.74 Å². The molecule has 2 aromatic carbocycles. The number of thioether (sulfide) groups is 1. The third kappa shape index (κ3) is 4.00. The minimum Gasteiger partial charge on any atom is -0.457 e. The van der Waals surface area contributed by atoms with Gasteiger partial charge in [0.2, 0.25) is 0 Å². The molecular formula is C13H9F3OS. The first kappa shape index (κ1) is 12.8. The van der Waals surface area contributed by atoms with Gasteiger partial charge >= 0.3 is 5.51 Å². The van der Waals surface area contributed by atoms with Crippen LogP contribution in [0.5, 0.6) is 11.5 Å². The molecule has 0 aliphatic heterocycles. The van der Waals surface area contributed by atoms with Crippen LogP contribution in [0.4, 0.5) is 13.2 Å². The van der Waals surface area contributed by atoms with E-state index in [-0.39, 0.29) is 16.7 Å². The second kappa shape index (κ2) is 5.35. The van der Waals surface area contributed by atoms with E-state index >= 15 is 0 Å². The van der Waals surface area contributed by atoms with Gasteiger partial charge in [0, 0.05) is 4.90 Å². The minimum atomic E-state index is -4.26. The van der Waals surface area contributed by atoms with Crippen molar-refractivity contribution in [3.8, 4) is 11.5 Å². The van der Waals surface area contributed by atoms with E-state index < -0.39 is 5.51 Å². The van der Waals surface area contributed by atoms with Gasteiger partial charge in [-0.2, -0.15) is 13.2 Å². The molecule has 18 heavy (non-hydrogen) atoms. The van der Waals surface area contributed by atoms with E-state index in [0.29, 0.717) is 11.5 Å². The van der Waals surface area contributed by atoms with Crippen LogP contribution in [-0.4, -0.2) is 5.51 Å². The lowest BCUT2D eigenvalue weighted by Gasteiger charge is -2.07. The van der Waals surface area contributed by atoms with Crippen LogP contribution in [0.1, 0.15) is 0 Å². The molecule has 0 unspecified atom stereocenters. The lowest BCUT2D eigenvalue weighted by molar-refractivity contribution is -0.0328. The van der Waals surface area contributed by atoms with Crippen LogP contribution in [0, 0.1) is 0 Å². The Bertz CT molecular complexity index is 494. The van der Waals surface area contributed by atoms with Crippen molar-refractivity contribution in [1.82, 2.24) is 0 Å².